The molecule has 0 amide bonds. The molecule has 0 bridgehead atoms. The smallest absolute Gasteiger partial charge is 0.332 e. The number of benzene rings is 1. The molecule has 0 atom stereocenters. The van der Waals surface area contributed by atoms with E-state index in [-0.39, 0.29) is 5.56 Å². The number of methoxy groups -OCH3 is 1. The van der Waals surface area contributed by atoms with Crippen molar-refractivity contribution in [2.75, 3.05) is 13.7 Å². The Hall–Kier alpha value is -3.39. The summed E-state index contributed by atoms with van der Waals surface area (Å²) >= 11 is 0. The van der Waals surface area contributed by atoms with Gasteiger partial charge in [-0.15, -0.1) is 0 Å². The number of aromatic nitrogens is 5. The highest BCUT2D eigenvalue weighted by Crippen LogP contribution is 2.18. The molecule has 28 heavy (non-hydrogen) atoms. The molecule has 0 aliphatic carbocycles. The fourth-order valence-corrected chi connectivity index (χ4v) is 3.32. The predicted octanol–water partition coefficient (Wildman–Crippen LogP) is 1.50. The Kier molecular flexibility index (Phi) is 4.48. The maximum atomic E-state index is 12.7. The Labute approximate surface area is 160 Å². The first-order valence-corrected chi connectivity index (χ1v) is 8.92. The fourth-order valence-electron chi connectivity index (χ4n) is 3.32. The van der Waals surface area contributed by atoms with E-state index in [1.165, 1.54) is 11.6 Å². The quantitative estimate of drug-likeness (QED) is 0.527. The number of aryl methyl sites for hydroxylation is 1. The second-order valence-electron chi connectivity index (χ2n) is 6.60. The molecule has 3 aromatic heterocycles. The highest BCUT2D eigenvalue weighted by Gasteiger charge is 2.19. The van der Waals surface area contributed by atoms with Crippen LogP contribution in [0.25, 0.3) is 29.1 Å². The van der Waals surface area contributed by atoms with Crippen LogP contribution in [0.5, 0.6) is 0 Å². The standard InChI is InChI=1S/C20H21N5O3/c1-22-17-16(18(26)23(2)20(22)27)25-13-15(10-9-14-7-5-4-6-8-14)24(11-12-28-3)19(25)21-17/h4-10,13H,11-12H2,1-3H3/b10-9-. The van der Waals surface area contributed by atoms with Gasteiger partial charge in [0, 0.05) is 33.9 Å². The van der Waals surface area contributed by atoms with E-state index in [0.717, 1.165) is 15.8 Å². The van der Waals surface area contributed by atoms with E-state index in [0.29, 0.717) is 30.1 Å². The molecule has 0 saturated heterocycles. The maximum absolute atomic E-state index is 12.7. The number of ether oxygens (including phenoxy) is 1. The molecule has 8 nitrogen and oxygen atoms in total. The Bertz CT molecular complexity index is 1310. The van der Waals surface area contributed by atoms with Crippen LogP contribution in [0, 0.1) is 0 Å². The Balaban J connectivity index is 1.97. The molecular formula is C20H21N5O3. The molecule has 0 aliphatic heterocycles. The Morgan fingerprint density at radius 1 is 1.07 bits per heavy atom. The molecule has 0 spiro atoms. The van der Waals surface area contributed by atoms with E-state index < -0.39 is 5.69 Å². The largest absolute Gasteiger partial charge is 0.383 e. The third-order valence-electron chi connectivity index (χ3n) is 4.85. The van der Waals surface area contributed by atoms with Crippen LogP contribution in [0.1, 0.15) is 11.3 Å². The fraction of sp³-hybridized carbons (Fsp3) is 0.250. The Morgan fingerprint density at radius 3 is 2.54 bits per heavy atom. The zero-order chi connectivity index (χ0) is 19.8. The molecule has 0 saturated carbocycles. The van der Waals surface area contributed by atoms with Gasteiger partial charge in [0.1, 0.15) is 0 Å². The van der Waals surface area contributed by atoms with Crippen LogP contribution in [0.3, 0.4) is 0 Å². The topological polar surface area (TPSA) is 75.5 Å². The van der Waals surface area contributed by atoms with Crippen molar-refractivity contribution >= 4 is 29.1 Å². The lowest BCUT2D eigenvalue weighted by molar-refractivity contribution is 0.188. The lowest BCUT2D eigenvalue weighted by Crippen LogP contribution is -2.37. The van der Waals surface area contributed by atoms with Crippen molar-refractivity contribution in [2.45, 2.75) is 6.54 Å². The van der Waals surface area contributed by atoms with Gasteiger partial charge in [-0.2, -0.15) is 4.98 Å². The van der Waals surface area contributed by atoms with Crippen LogP contribution in [0.2, 0.25) is 0 Å². The molecule has 0 radical (unpaired) electrons. The summed E-state index contributed by atoms with van der Waals surface area (Å²) in [5.74, 6) is 0.595. The second kappa shape index (κ2) is 6.97. The lowest BCUT2D eigenvalue weighted by atomic mass is 10.2. The van der Waals surface area contributed by atoms with Crippen molar-refractivity contribution in [3.8, 4) is 0 Å². The molecule has 0 aliphatic rings. The molecular weight excluding hydrogens is 358 g/mol. The first kappa shape index (κ1) is 18.0. The molecule has 0 N–H and O–H groups in total. The average Bonchev–Trinajstić information content (AvgIpc) is 3.24. The van der Waals surface area contributed by atoms with Crippen LogP contribution in [-0.2, 0) is 25.4 Å². The third-order valence-corrected chi connectivity index (χ3v) is 4.85. The van der Waals surface area contributed by atoms with Gasteiger partial charge in [0.05, 0.1) is 12.3 Å². The monoisotopic (exact) mass is 379 g/mol. The van der Waals surface area contributed by atoms with Crippen LogP contribution in [0.15, 0.2) is 46.1 Å². The van der Waals surface area contributed by atoms with Crippen molar-refractivity contribution in [3.05, 3.63) is 68.6 Å². The van der Waals surface area contributed by atoms with Gasteiger partial charge >= 0.3 is 5.69 Å². The van der Waals surface area contributed by atoms with E-state index in [1.807, 2.05) is 53.2 Å². The summed E-state index contributed by atoms with van der Waals surface area (Å²) < 4.78 is 11.5. The Morgan fingerprint density at radius 2 is 1.82 bits per heavy atom. The average molecular weight is 379 g/mol. The van der Waals surface area contributed by atoms with Crippen molar-refractivity contribution in [1.82, 2.24) is 23.1 Å². The van der Waals surface area contributed by atoms with Gasteiger partial charge in [-0.1, -0.05) is 36.4 Å². The van der Waals surface area contributed by atoms with Crippen LogP contribution < -0.4 is 11.2 Å². The van der Waals surface area contributed by atoms with Gasteiger partial charge in [-0.05, 0) is 11.6 Å². The van der Waals surface area contributed by atoms with Gasteiger partial charge in [0.15, 0.2) is 11.2 Å². The zero-order valence-corrected chi connectivity index (χ0v) is 16.0. The van der Waals surface area contributed by atoms with E-state index in [9.17, 15) is 9.59 Å². The number of hydrogen-bond acceptors (Lipinski definition) is 4. The molecule has 4 rings (SSSR count). The number of hydrogen-bond donors (Lipinski definition) is 0. The maximum Gasteiger partial charge on any atom is 0.332 e. The van der Waals surface area contributed by atoms with Crippen molar-refractivity contribution in [1.29, 1.82) is 0 Å². The summed E-state index contributed by atoms with van der Waals surface area (Å²) in [5, 5.41) is 0. The molecule has 0 fully saturated rings. The van der Waals surface area contributed by atoms with Crippen LogP contribution in [-0.4, -0.2) is 36.8 Å². The van der Waals surface area contributed by atoms with Crippen molar-refractivity contribution in [3.63, 3.8) is 0 Å². The zero-order valence-electron chi connectivity index (χ0n) is 16.0. The minimum atomic E-state index is -0.397. The number of imidazole rings is 2. The third kappa shape index (κ3) is 2.78. The molecule has 3 heterocycles. The van der Waals surface area contributed by atoms with Crippen molar-refractivity contribution in [2.24, 2.45) is 14.1 Å². The minimum Gasteiger partial charge on any atom is -0.383 e. The summed E-state index contributed by atoms with van der Waals surface area (Å²) in [6, 6.07) is 9.97. The van der Waals surface area contributed by atoms with E-state index in [1.54, 1.807) is 18.6 Å². The number of rotatable bonds is 5. The normalized spacial score (nSPS) is 12.0. The first-order valence-electron chi connectivity index (χ1n) is 8.92. The van der Waals surface area contributed by atoms with E-state index >= 15 is 0 Å². The molecule has 4 aromatic rings. The summed E-state index contributed by atoms with van der Waals surface area (Å²) in [6.07, 6.45) is 5.86. The van der Waals surface area contributed by atoms with Gasteiger partial charge in [0.2, 0.25) is 5.78 Å². The highest BCUT2D eigenvalue weighted by atomic mass is 16.5. The van der Waals surface area contributed by atoms with Crippen LogP contribution >= 0.6 is 0 Å². The predicted molar refractivity (Wildman–Crippen MR) is 108 cm³/mol. The van der Waals surface area contributed by atoms with Gasteiger partial charge < -0.3 is 9.30 Å². The van der Waals surface area contributed by atoms with Crippen molar-refractivity contribution < 1.29 is 4.74 Å². The number of fused-ring (bicyclic) bond motifs is 3. The summed E-state index contributed by atoms with van der Waals surface area (Å²) in [7, 11) is 4.73. The summed E-state index contributed by atoms with van der Waals surface area (Å²) in [6.45, 7) is 1.07. The SMILES string of the molecule is COCCn1c(/C=C\c2ccccc2)cn2c3c(=O)n(C)c(=O)n(C)c3nc12. The molecule has 8 heteroatoms. The molecule has 0 unspecified atom stereocenters. The van der Waals surface area contributed by atoms with Gasteiger partial charge in [-0.25, -0.2) is 4.79 Å². The lowest BCUT2D eigenvalue weighted by Gasteiger charge is -2.05. The summed E-state index contributed by atoms with van der Waals surface area (Å²) in [5.41, 5.74) is 1.95. The second-order valence-corrected chi connectivity index (χ2v) is 6.60. The van der Waals surface area contributed by atoms with E-state index in [2.05, 4.69) is 4.98 Å². The van der Waals surface area contributed by atoms with Gasteiger partial charge in [-0.3, -0.25) is 18.3 Å². The highest BCUT2D eigenvalue weighted by molar-refractivity contribution is 5.77. The van der Waals surface area contributed by atoms with E-state index in [4.69, 9.17) is 4.74 Å². The van der Waals surface area contributed by atoms with Gasteiger partial charge in [0.25, 0.3) is 5.56 Å². The molecule has 144 valence electrons. The molecule has 1 aromatic carbocycles. The van der Waals surface area contributed by atoms with Crippen LogP contribution in [0.4, 0.5) is 0 Å². The summed E-state index contributed by atoms with van der Waals surface area (Å²) in [4.78, 5) is 29.5. The first-order chi connectivity index (χ1) is 13.5. The minimum absolute atomic E-state index is 0.368. The number of nitrogens with zero attached hydrogens (tertiary/aromatic N) is 5.